The monoisotopic (exact) mass is 349 g/mol. The van der Waals surface area contributed by atoms with E-state index in [9.17, 15) is 8.78 Å². The third kappa shape index (κ3) is 5.66. The molecule has 2 rings (SSSR count). The van der Waals surface area contributed by atoms with Crippen LogP contribution in [0, 0.1) is 46.6 Å². The average molecular weight is 349 g/mol. The number of rotatable bonds is 5. The zero-order chi connectivity index (χ0) is 18.8. The Labute approximate surface area is 152 Å². The lowest BCUT2D eigenvalue weighted by Gasteiger charge is -2.05. The standard InChI is InChI=1S/C22H17F2NO/c1-2-3-4-14-26-19-10-7-17(8-11-19)9-12-20-21(23)15-18(6-5-13-25)16-22(20)24/h7-8,10-11,15-16H,2-4,14H2,1H3. The molecule has 0 unspecified atom stereocenters. The van der Waals surface area contributed by atoms with E-state index >= 15 is 0 Å². The molecule has 0 aliphatic rings. The highest BCUT2D eigenvalue weighted by molar-refractivity contribution is 5.48. The number of hydrogen-bond acceptors (Lipinski definition) is 2. The Morgan fingerprint density at radius 3 is 2.23 bits per heavy atom. The molecule has 0 atom stereocenters. The third-order valence-electron chi connectivity index (χ3n) is 3.51. The minimum Gasteiger partial charge on any atom is -0.494 e. The Balaban J connectivity index is 2.10. The molecular weight excluding hydrogens is 332 g/mol. The average Bonchev–Trinajstić information content (AvgIpc) is 2.64. The zero-order valence-electron chi connectivity index (χ0n) is 14.4. The molecule has 0 aromatic heterocycles. The molecule has 130 valence electrons. The van der Waals surface area contributed by atoms with Crippen molar-refractivity contribution < 1.29 is 13.5 Å². The van der Waals surface area contributed by atoms with Crippen LogP contribution < -0.4 is 4.74 Å². The highest BCUT2D eigenvalue weighted by Crippen LogP contribution is 2.15. The maximum atomic E-state index is 14.0. The van der Waals surface area contributed by atoms with Gasteiger partial charge in [0.05, 0.1) is 12.2 Å². The number of ether oxygens (including phenoxy) is 1. The molecule has 0 aliphatic heterocycles. The second-order valence-corrected chi connectivity index (χ2v) is 5.51. The van der Waals surface area contributed by atoms with Gasteiger partial charge in [-0.2, -0.15) is 5.26 Å². The number of benzene rings is 2. The van der Waals surface area contributed by atoms with Crippen LogP contribution in [0.15, 0.2) is 36.4 Å². The van der Waals surface area contributed by atoms with Crippen LogP contribution in [-0.4, -0.2) is 6.61 Å². The molecule has 0 bridgehead atoms. The van der Waals surface area contributed by atoms with Gasteiger partial charge >= 0.3 is 0 Å². The van der Waals surface area contributed by atoms with Gasteiger partial charge in [0.15, 0.2) is 6.07 Å². The number of unbranched alkanes of at least 4 members (excludes halogenated alkanes) is 2. The molecule has 2 aromatic rings. The van der Waals surface area contributed by atoms with Crippen molar-refractivity contribution in [2.45, 2.75) is 26.2 Å². The molecule has 0 fully saturated rings. The summed E-state index contributed by atoms with van der Waals surface area (Å²) >= 11 is 0. The van der Waals surface area contributed by atoms with E-state index in [1.165, 1.54) is 0 Å². The van der Waals surface area contributed by atoms with Crippen molar-refractivity contribution >= 4 is 0 Å². The van der Waals surface area contributed by atoms with Crippen molar-refractivity contribution in [3.05, 3.63) is 64.7 Å². The second kappa shape index (κ2) is 9.87. The van der Waals surface area contributed by atoms with Gasteiger partial charge in [-0.25, -0.2) is 8.78 Å². The van der Waals surface area contributed by atoms with Gasteiger partial charge in [0.25, 0.3) is 0 Å². The van der Waals surface area contributed by atoms with Crippen LogP contribution in [0.3, 0.4) is 0 Å². The van der Waals surface area contributed by atoms with Gasteiger partial charge in [0, 0.05) is 17.0 Å². The second-order valence-electron chi connectivity index (χ2n) is 5.51. The molecule has 0 heterocycles. The molecule has 0 spiro atoms. The van der Waals surface area contributed by atoms with Crippen LogP contribution >= 0.6 is 0 Å². The summed E-state index contributed by atoms with van der Waals surface area (Å²) in [5.74, 6) is 8.81. The first-order chi connectivity index (χ1) is 12.6. The van der Waals surface area contributed by atoms with Gasteiger partial charge in [0.2, 0.25) is 0 Å². The van der Waals surface area contributed by atoms with Gasteiger partial charge < -0.3 is 4.74 Å². The summed E-state index contributed by atoms with van der Waals surface area (Å²) in [6.07, 6.45) is 3.27. The first-order valence-corrected chi connectivity index (χ1v) is 8.28. The Morgan fingerprint density at radius 1 is 0.923 bits per heavy atom. The lowest BCUT2D eigenvalue weighted by Crippen LogP contribution is -1.96. The molecule has 0 aliphatic carbocycles. The number of nitriles is 1. The molecule has 0 N–H and O–H groups in total. The zero-order valence-corrected chi connectivity index (χ0v) is 14.4. The first-order valence-electron chi connectivity index (χ1n) is 8.28. The third-order valence-corrected chi connectivity index (χ3v) is 3.51. The smallest absolute Gasteiger partial charge is 0.152 e. The van der Waals surface area contributed by atoms with E-state index in [0.717, 1.165) is 37.1 Å². The molecular formula is C22H17F2NO. The summed E-state index contributed by atoms with van der Waals surface area (Å²) < 4.78 is 33.6. The Kier molecular flexibility index (Phi) is 7.23. The lowest BCUT2D eigenvalue weighted by atomic mass is 10.1. The molecule has 0 saturated carbocycles. The lowest BCUT2D eigenvalue weighted by molar-refractivity contribution is 0.306. The predicted molar refractivity (Wildman–Crippen MR) is 96.3 cm³/mol. The van der Waals surface area contributed by atoms with Crippen molar-refractivity contribution in [2.24, 2.45) is 0 Å². The van der Waals surface area contributed by atoms with Crippen LogP contribution in [0.4, 0.5) is 8.78 Å². The number of hydrogen-bond donors (Lipinski definition) is 0. The van der Waals surface area contributed by atoms with Crippen LogP contribution in [0.2, 0.25) is 0 Å². The number of nitrogens with zero attached hydrogens (tertiary/aromatic N) is 1. The molecule has 0 amide bonds. The summed E-state index contributed by atoms with van der Waals surface area (Å²) in [4.78, 5) is 0. The van der Waals surface area contributed by atoms with Crippen molar-refractivity contribution in [2.75, 3.05) is 6.61 Å². The first kappa shape index (κ1) is 19.0. The van der Waals surface area contributed by atoms with E-state index in [-0.39, 0.29) is 11.1 Å². The van der Waals surface area contributed by atoms with Gasteiger partial charge in [0.1, 0.15) is 17.4 Å². The Bertz CT molecular complexity index is 896. The quantitative estimate of drug-likeness (QED) is 0.573. The van der Waals surface area contributed by atoms with Gasteiger partial charge in [-0.1, -0.05) is 37.5 Å². The van der Waals surface area contributed by atoms with Crippen molar-refractivity contribution in [3.63, 3.8) is 0 Å². The fraction of sp³-hybridized carbons (Fsp3) is 0.227. The van der Waals surface area contributed by atoms with E-state index in [1.54, 1.807) is 30.3 Å². The molecule has 2 nitrogen and oxygen atoms in total. The van der Waals surface area contributed by atoms with Crippen molar-refractivity contribution in [1.29, 1.82) is 5.26 Å². The predicted octanol–water partition coefficient (Wildman–Crippen LogP) is 4.81. The van der Waals surface area contributed by atoms with Crippen LogP contribution in [0.5, 0.6) is 5.75 Å². The summed E-state index contributed by atoms with van der Waals surface area (Å²) in [6.45, 7) is 2.79. The van der Waals surface area contributed by atoms with Crippen molar-refractivity contribution in [3.8, 4) is 35.5 Å². The molecule has 0 radical (unpaired) electrons. The van der Waals surface area contributed by atoms with Gasteiger partial charge in [-0.05, 0) is 42.8 Å². The van der Waals surface area contributed by atoms with E-state index in [1.807, 2.05) is 0 Å². The van der Waals surface area contributed by atoms with Gasteiger partial charge in [-0.3, -0.25) is 0 Å². The Hall–Kier alpha value is -3.29. The van der Waals surface area contributed by atoms with Gasteiger partial charge in [-0.15, -0.1) is 0 Å². The fourth-order valence-electron chi connectivity index (χ4n) is 2.18. The SMILES string of the molecule is CCCCCOc1ccc(C#Cc2c(F)cc(C#CC#N)cc2F)cc1. The maximum Gasteiger partial charge on any atom is 0.152 e. The maximum absolute atomic E-state index is 14.0. The van der Waals surface area contributed by atoms with Crippen LogP contribution in [-0.2, 0) is 0 Å². The fourth-order valence-corrected chi connectivity index (χ4v) is 2.18. The Morgan fingerprint density at radius 2 is 1.62 bits per heavy atom. The minimum atomic E-state index is -0.810. The molecule has 4 heteroatoms. The molecule has 0 saturated heterocycles. The summed E-state index contributed by atoms with van der Waals surface area (Å²) in [6, 6.07) is 10.8. The number of halogens is 2. The van der Waals surface area contributed by atoms with E-state index in [4.69, 9.17) is 10.00 Å². The largest absolute Gasteiger partial charge is 0.494 e. The molecule has 26 heavy (non-hydrogen) atoms. The molecule has 2 aromatic carbocycles. The van der Waals surface area contributed by atoms with E-state index in [2.05, 4.69) is 30.6 Å². The topological polar surface area (TPSA) is 33.0 Å². The summed E-state index contributed by atoms with van der Waals surface area (Å²) in [5, 5.41) is 8.38. The highest BCUT2D eigenvalue weighted by Gasteiger charge is 2.08. The van der Waals surface area contributed by atoms with Crippen molar-refractivity contribution in [1.82, 2.24) is 0 Å². The van der Waals surface area contributed by atoms with E-state index < -0.39 is 11.6 Å². The highest BCUT2D eigenvalue weighted by atomic mass is 19.1. The summed E-state index contributed by atoms with van der Waals surface area (Å²) in [7, 11) is 0. The summed E-state index contributed by atoms with van der Waals surface area (Å²) in [5.41, 5.74) is 0.391. The van der Waals surface area contributed by atoms with E-state index in [0.29, 0.717) is 12.2 Å². The van der Waals surface area contributed by atoms with Crippen LogP contribution in [0.1, 0.15) is 42.9 Å². The van der Waals surface area contributed by atoms with Crippen LogP contribution in [0.25, 0.3) is 0 Å². The normalized spacial score (nSPS) is 9.31. The minimum absolute atomic E-state index is 0.0941.